The number of aryl methyl sites for hydroxylation is 2. The van der Waals surface area contributed by atoms with Crippen molar-refractivity contribution in [3.63, 3.8) is 0 Å². The van der Waals surface area contributed by atoms with Crippen molar-refractivity contribution >= 4 is 22.4 Å². The average Bonchev–Trinajstić information content (AvgIpc) is 2.54. The van der Waals surface area contributed by atoms with E-state index in [1.54, 1.807) is 0 Å². The Morgan fingerprint density at radius 3 is 2.87 bits per heavy atom. The van der Waals surface area contributed by atoms with E-state index in [4.69, 9.17) is 0 Å². The molecule has 1 aliphatic rings. The summed E-state index contributed by atoms with van der Waals surface area (Å²) in [7, 11) is 2.10. The minimum Gasteiger partial charge on any atom is -0.329 e. The van der Waals surface area contributed by atoms with Crippen molar-refractivity contribution in [1.82, 2.24) is 4.57 Å². The van der Waals surface area contributed by atoms with E-state index >= 15 is 0 Å². The summed E-state index contributed by atoms with van der Waals surface area (Å²) in [5, 5.41) is 1.37. The molecule has 2 aromatic rings. The molecular formula is C13H14N2. The minimum atomic E-state index is 1.10. The quantitative estimate of drug-likeness (QED) is 0.618. The van der Waals surface area contributed by atoms with E-state index in [0.717, 1.165) is 18.7 Å². The van der Waals surface area contributed by atoms with Crippen LogP contribution in [0.1, 0.15) is 18.9 Å². The van der Waals surface area contributed by atoms with Gasteiger partial charge in [-0.1, -0.05) is 18.2 Å². The molecule has 3 rings (SSSR count). The largest absolute Gasteiger partial charge is 0.329 e. The minimum absolute atomic E-state index is 1.10. The number of aromatic nitrogens is 1. The van der Waals surface area contributed by atoms with Crippen LogP contribution in [0, 0.1) is 0 Å². The first kappa shape index (κ1) is 8.72. The molecule has 0 unspecified atom stereocenters. The maximum Gasteiger partial charge on any atom is 0.136 e. The second-order valence-corrected chi connectivity index (χ2v) is 4.23. The van der Waals surface area contributed by atoms with Crippen molar-refractivity contribution in [2.24, 2.45) is 12.0 Å². The zero-order chi connectivity index (χ0) is 10.4. The summed E-state index contributed by atoms with van der Waals surface area (Å²) in [4.78, 5) is 4.66. The Hall–Kier alpha value is -1.57. The van der Waals surface area contributed by atoms with Gasteiger partial charge in [0.1, 0.15) is 5.82 Å². The van der Waals surface area contributed by atoms with Crippen LogP contribution in [-0.2, 0) is 13.5 Å². The summed E-state index contributed by atoms with van der Waals surface area (Å²) in [6, 6.07) is 8.56. The van der Waals surface area contributed by atoms with Crippen molar-refractivity contribution in [3.8, 4) is 0 Å². The van der Waals surface area contributed by atoms with Gasteiger partial charge in [-0.2, -0.15) is 0 Å². The van der Waals surface area contributed by atoms with Crippen LogP contribution in [0.4, 0.5) is 5.82 Å². The second-order valence-electron chi connectivity index (χ2n) is 4.23. The predicted molar refractivity (Wildman–Crippen MR) is 64.0 cm³/mol. The maximum absolute atomic E-state index is 4.66. The SMILES string of the molecule is CC1=Nc2c(c3ccccc3n2C)CC1. The van der Waals surface area contributed by atoms with E-state index in [1.165, 1.54) is 22.2 Å². The van der Waals surface area contributed by atoms with Gasteiger partial charge < -0.3 is 4.57 Å². The smallest absolute Gasteiger partial charge is 0.136 e. The normalized spacial score (nSPS) is 15.2. The third-order valence-electron chi connectivity index (χ3n) is 3.21. The van der Waals surface area contributed by atoms with Crippen LogP contribution in [0.2, 0.25) is 0 Å². The fraction of sp³-hybridized carbons (Fsp3) is 0.308. The second kappa shape index (κ2) is 2.96. The predicted octanol–water partition coefficient (Wildman–Crippen LogP) is 3.22. The van der Waals surface area contributed by atoms with Gasteiger partial charge in [0, 0.05) is 29.2 Å². The van der Waals surface area contributed by atoms with Crippen LogP contribution in [-0.4, -0.2) is 10.3 Å². The third-order valence-corrected chi connectivity index (χ3v) is 3.21. The number of rotatable bonds is 0. The molecule has 0 fully saturated rings. The zero-order valence-electron chi connectivity index (χ0n) is 9.12. The van der Waals surface area contributed by atoms with Gasteiger partial charge in [-0.3, -0.25) is 0 Å². The lowest BCUT2D eigenvalue weighted by Crippen LogP contribution is -2.01. The lowest BCUT2D eigenvalue weighted by atomic mass is 10.0. The summed E-state index contributed by atoms with van der Waals surface area (Å²) in [6.07, 6.45) is 2.23. The number of hydrogen-bond acceptors (Lipinski definition) is 1. The molecule has 1 aromatic heterocycles. The molecule has 2 heteroatoms. The highest BCUT2D eigenvalue weighted by atomic mass is 15.1. The molecule has 0 bridgehead atoms. The molecule has 0 N–H and O–H groups in total. The third kappa shape index (κ3) is 1.14. The van der Waals surface area contributed by atoms with Crippen LogP contribution < -0.4 is 0 Å². The Balaban J connectivity index is 2.43. The molecule has 0 aliphatic carbocycles. The van der Waals surface area contributed by atoms with Crippen LogP contribution in [0.15, 0.2) is 29.3 Å². The number of para-hydroxylation sites is 1. The van der Waals surface area contributed by atoms with Crippen molar-refractivity contribution in [3.05, 3.63) is 29.8 Å². The molecule has 2 heterocycles. The van der Waals surface area contributed by atoms with Gasteiger partial charge in [-0.05, 0) is 25.8 Å². The molecule has 1 aromatic carbocycles. The van der Waals surface area contributed by atoms with E-state index < -0.39 is 0 Å². The first-order valence-corrected chi connectivity index (χ1v) is 5.38. The van der Waals surface area contributed by atoms with Gasteiger partial charge in [0.25, 0.3) is 0 Å². The summed E-state index contributed by atoms with van der Waals surface area (Å²) < 4.78 is 2.20. The standard InChI is InChI=1S/C13H14N2/c1-9-7-8-11-10-5-3-4-6-12(10)15(2)13(11)14-9/h3-6H,7-8H2,1-2H3. The first-order valence-electron chi connectivity index (χ1n) is 5.38. The van der Waals surface area contributed by atoms with E-state index in [1.807, 2.05) is 0 Å². The van der Waals surface area contributed by atoms with Crippen LogP contribution in [0.3, 0.4) is 0 Å². The van der Waals surface area contributed by atoms with E-state index in [2.05, 4.69) is 47.8 Å². The van der Waals surface area contributed by atoms with Gasteiger partial charge in [0.05, 0.1) is 0 Å². The van der Waals surface area contributed by atoms with Crippen molar-refractivity contribution in [2.45, 2.75) is 19.8 Å². The maximum atomic E-state index is 4.66. The highest BCUT2D eigenvalue weighted by Gasteiger charge is 2.17. The Kier molecular flexibility index (Phi) is 1.72. The molecule has 0 atom stereocenters. The van der Waals surface area contributed by atoms with E-state index in [0.29, 0.717) is 0 Å². The number of fused-ring (bicyclic) bond motifs is 3. The fourth-order valence-corrected chi connectivity index (χ4v) is 2.39. The Morgan fingerprint density at radius 1 is 1.20 bits per heavy atom. The monoisotopic (exact) mass is 198 g/mol. The lowest BCUT2D eigenvalue weighted by molar-refractivity contribution is 0.918. The topological polar surface area (TPSA) is 17.3 Å². The lowest BCUT2D eigenvalue weighted by Gasteiger charge is -2.10. The number of nitrogens with zero attached hydrogens (tertiary/aromatic N) is 2. The first-order chi connectivity index (χ1) is 7.27. The molecule has 76 valence electrons. The molecule has 1 aliphatic heterocycles. The van der Waals surface area contributed by atoms with Crippen molar-refractivity contribution in [2.75, 3.05) is 0 Å². The Labute approximate surface area is 89.2 Å². The summed E-state index contributed by atoms with van der Waals surface area (Å²) in [6.45, 7) is 2.11. The number of hydrogen-bond donors (Lipinski definition) is 0. The van der Waals surface area contributed by atoms with Gasteiger partial charge in [-0.25, -0.2) is 4.99 Å². The zero-order valence-corrected chi connectivity index (χ0v) is 9.12. The Morgan fingerprint density at radius 2 is 2.00 bits per heavy atom. The molecule has 0 amide bonds. The summed E-state index contributed by atoms with van der Waals surface area (Å²) in [5.41, 5.74) is 3.95. The highest BCUT2D eigenvalue weighted by molar-refractivity contribution is 5.94. The summed E-state index contributed by atoms with van der Waals surface area (Å²) >= 11 is 0. The molecule has 0 spiro atoms. The fourth-order valence-electron chi connectivity index (χ4n) is 2.39. The van der Waals surface area contributed by atoms with Gasteiger partial charge in [0.15, 0.2) is 0 Å². The van der Waals surface area contributed by atoms with Gasteiger partial charge in [-0.15, -0.1) is 0 Å². The van der Waals surface area contributed by atoms with Gasteiger partial charge >= 0.3 is 0 Å². The number of benzene rings is 1. The highest BCUT2D eigenvalue weighted by Crippen LogP contribution is 2.34. The molecule has 2 nitrogen and oxygen atoms in total. The van der Waals surface area contributed by atoms with E-state index in [9.17, 15) is 0 Å². The number of aliphatic imine (C=N–C) groups is 1. The Bertz CT molecular complexity index is 561. The molecular weight excluding hydrogens is 184 g/mol. The van der Waals surface area contributed by atoms with Gasteiger partial charge in [0.2, 0.25) is 0 Å². The molecule has 0 saturated carbocycles. The van der Waals surface area contributed by atoms with Crippen molar-refractivity contribution < 1.29 is 0 Å². The molecule has 0 radical (unpaired) electrons. The average molecular weight is 198 g/mol. The molecule has 0 saturated heterocycles. The molecule has 15 heavy (non-hydrogen) atoms. The van der Waals surface area contributed by atoms with Crippen LogP contribution >= 0.6 is 0 Å². The summed E-state index contributed by atoms with van der Waals surface area (Å²) in [5.74, 6) is 1.15. The van der Waals surface area contributed by atoms with Crippen molar-refractivity contribution in [1.29, 1.82) is 0 Å². The van der Waals surface area contributed by atoms with Crippen LogP contribution in [0.5, 0.6) is 0 Å². The van der Waals surface area contributed by atoms with E-state index in [-0.39, 0.29) is 0 Å². The van der Waals surface area contributed by atoms with Crippen LogP contribution in [0.25, 0.3) is 10.9 Å².